The van der Waals surface area contributed by atoms with E-state index in [2.05, 4.69) is 9.88 Å². The smallest absolute Gasteiger partial charge is 0.219 e. The van der Waals surface area contributed by atoms with Crippen LogP contribution in [-0.2, 0) is 17.9 Å². The Kier molecular flexibility index (Phi) is 5.42. The highest BCUT2D eigenvalue weighted by atomic mass is 32.1. The molecule has 1 aromatic carbocycles. The number of piperazine rings is 1. The molecule has 24 heavy (non-hydrogen) atoms. The van der Waals surface area contributed by atoms with Crippen LogP contribution in [0.4, 0.5) is 4.39 Å². The molecule has 1 fully saturated rings. The van der Waals surface area contributed by atoms with Gasteiger partial charge in [0.1, 0.15) is 23.2 Å². The first-order valence-electron chi connectivity index (χ1n) is 7.89. The van der Waals surface area contributed by atoms with E-state index in [0.29, 0.717) is 12.4 Å². The van der Waals surface area contributed by atoms with Crippen LogP contribution in [0.3, 0.4) is 0 Å². The third kappa shape index (κ3) is 4.52. The van der Waals surface area contributed by atoms with Gasteiger partial charge >= 0.3 is 0 Å². The largest absolute Gasteiger partial charge is 0.486 e. The monoisotopic (exact) mass is 349 g/mol. The van der Waals surface area contributed by atoms with Gasteiger partial charge in [-0.15, -0.1) is 11.3 Å². The van der Waals surface area contributed by atoms with Gasteiger partial charge < -0.3 is 9.64 Å². The number of nitrogens with zero attached hydrogens (tertiary/aromatic N) is 3. The van der Waals surface area contributed by atoms with Crippen LogP contribution < -0.4 is 4.74 Å². The predicted octanol–water partition coefficient (Wildman–Crippen LogP) is 2.53. The van der Waals surface area contributed by atoms with Crippen molar-refractivity contribution in [1.29, 1.82) is 0 Å². The fraction of sp³-hybridized carbons (Fsp3) is 0.412. The number of ether oxygens (including phenoxy) is 1. The van der Waals surface area contributed by atoms with Crippen molar-refractivity contribution in [3.63, 3.8) is 0 Å². The number of hydrogen-bond donors (Lipinski definition) is 0. The van der Waals surface area contributed by atoms with Gasteiger partial charge in [-0.05, 0) is 24.3 Å². The Balaban J connectivity index is 1.47. The molecular formula is C17H20FN3O2S. The second-order valence-corrected chi connectivity index (χ2v) is 6.70. The van der Waals surface area contributed by atoms with Gasteiger partial charge in [0.15, 0.2) is 0 Å². The van der Waals surface area contributed by atoms with Gasteiger partial charge in [0, 0.05) is 45.0 Å². The molecular weight excluding hydrogens is 329 g/mol. The second-order valence-electron chi connectivity index (χ2n) is 5.76. The average molecular weight is 349 g/mol. The van der Waals surface area contributed by atoms with Crippen LogP contribution in [0.15, 0.2) is 29.6 Å². The maximum Gasteiger partial charge on any atom is 0.219 e. The van der Waals surface area contributed by atoms with Gasteiger partial charge in [0.05, 0.1) is 5.69 Å². The summed E-state index contributed by atoms with van der Waals surface area (Å²) in [6.07, 6.45) is 0. The molecule has 7 heteroatoms. The number of halogens is 1. The van der Waals surface area contributed by atoms with Gasteiger partial charge in [-0.2, -0.15) is 0 Å². The molecule has 0 saturated carbocycles. The van der Waals surface area contributed by atoms with E-state index in [1.165, 1.54) is 12.1 Å². The minimum atomic E-state index is -0.274. The maximum absolute atomic E-state index is 12.9. The number of thiazole rings is 1. The summed E-state index contributed by atoms with van der Waals surface area (Å²) in [7, 11) is 0. The average Bonchev–Trinajstić information content (AvgIpc) is 3.02. The van der Waals surface area contributed by atoms with Crippen LogP contribution in [-0.4, -0.2) is 46.9 Å². The number of amides is 1. The maximum atomic E-state index is 12.9. The molecule has 1 amide bonds. The predicted molar refractivity (Wildman–Crippen MR) is 90.4 cm³/mol. The van der Waals surface area contributed by atoms with Crippen molar-refractivity contribution in [3.8, 4) is 5.75 Å². The van der Waals surface area contributed by atoms with E-state index in [1.807, 2.05) is 10.3 Å². The Morgan fingerprint density at radius 3 is 2.62 bits per heavy atom. The summed E-state index contributed by atoms with van der Waals surface area (Å²) in [6, 6.07) is 5.98. The molecule has 0 bridgehead atoms. The number of benzene rings is 1. The molecule has 0 atom stereocenters. The Bertz CT molecular complexity index is 681. The number of carbonyl (C=O) groups excluding carboxylic acids is 1. The lowest BCUT2D eigenvalue weighted by Gasteiger charge is -2.33. The van der Waals surface area contributed by atoms with E-state index in [1.54, 1.807) is 30.4 Å². The summed E-state index contributed by atoms with van der Waals surface area (Å²) in [4.78, 5) is 20.1. The van der Waals surface area contributed by atoms with Gasteiger partial charge in [0.25, 0.3) is 0 Å². The van der Waals surface area contributed by atoms with Crippen LogP contribution in [0.5, 0.6) is 5.75 Å². The minimum absolute atomic E-state index is 0.142. The zero-order valence-electron chi connectivity index (χ0n) is 13.6. The number of hydrogen-bond acceptors (Lipinski definition) is 5. The van der Waals surface area contributed by atoms with Crippen LogP contribution >= 0.6 is 11.3 Å². The normalized spacial score (nSPS) is 15.5. The molecule has 0 spiro atoms. The Morgan fingerprint density at radius 2 is 1.96 bits per heavy atom. The highest BCUT2D eigenvalue weighted by Gasteiger charge is 2.19. The summed E-state index contributed by atoms with van der Waals surface area (Å²) >= 11 is 1.56. The zero-order chi connectivity index (χ0) is 16.9. The van der Waals surface area contributed by atoms with Crippen molar-refractivity contribution in [2.75, 3.05) is 26.2 Å². The van der Waals surface area contributed by atoms with Crippen LogP contribution in [0.2, 0.25) is 0 Å². The van der Waals surface area contributed by atoms with Crippen molar-refractivity contribution in [2.24, 2.45) is 0 Å². The van der Waals surface area contributed by atoms with Crippen LogP contribution in [0.25, 0.3) is 0 Å². The highest BCUT2D eigenvalue weighted by Crippen LogP contribution is 2.17. The van der Waals surface area contributed by atoms with Gasteiger partial charge in [0.2, 0.25) is 5.91 Å². The van der Waals surface area contributed by atoms with Gasteiger partial charge in [-0.25, -0.2) is 9.37 Å². The lowest BCUT2D eigenvalue weighted by molar-refractivity contribution is -0.130. The van der Waals surface area contributed by atoms with Gasteiger partial charge in [-0.3, -0.25) is 9.69 Å². The second kappa shape index (κ2) is 7.72. The lowest BCUT2D eigenvalue weighted by atomic mass is 10.3. The fourth-order valence-electron chi connectivity index (χ4n) is 2.61. The fourth-order valence-corrected chi connectivity index (χ4v) is 3.31. The first-order valence-corrected chi connectivity index (χ1v) is 8.77. The van der Waals surface area contributed by atoms with E-state index < -0.39 is 0 Å². The standard InChI is InChI=1S/C17H20FN3O2S/c1-13(22)21-8-6-20(7-9-21)10-15-12-24-17(19-15)11-23-16-4-2-14(18)3-5-16/h2-5,12H,6-11H2,1H3. The van der Waals surface area contributed by atoms with Crippen molar-refractivity contribution < 1.29 is 13.9 Å². The SMILES string of the molecule is CC(=O)N1CCN(Cc2csc(COc3ccc(F)cc3)n2)CC1. The van der Waals surface area contributed by atoms with Crippen molar-refractivity contribution in [3.05, 3.63) is 46.2 Å². The molecule has 0 radical (unpaired) electrons. The molecule has 0 unspecified atom stereocenters. The third-order valence-corrected chi connectivity index (χ3v) is 4.85. The van der Waals surface area contributed by atoms with Crippen molar-refractivity contribution >= 4 is 17.2 Å². The molecule has 0 aliphatic carbocycles. The molecule has 1 saturated heterocycles. The summed E-state index contributed by atoms with van der Waals surface area (Å²) < 4.78 is 18.5. The zero-order valence-corrected chi connectivity index (χ0v) is 14.4. The Morgan fingerprint density at radius 1 is 1.25 bits per heavy atom. The van der Waals surface area contributed by atoms with E-state index >= 15 is 0 Å². The molecule has 2 heterocycles. The van der Waals surface area contributed by atoms with Gasteiger partial charge in [-0.1, -0.05) is 0 Å². The van der Waals surface area contributed by atoms with E-state index in [-0.39, 0.29) is 11.7 Å². The third-order valence-electron chi connectivity index (χ3n) is 3.98. The minimum Gasteiger partial charge on any atom is -0.486 e. The Hall–Kier alpha value is -1.99. The number of rotatable bonds is 5. The van der Waals surface area contributed by atoms with Crippen molar-refractivity contribution in [1.82, 2.24) is 14.8 Å². The van der Waals surface area contributed by atoms with E-state index in [4.69, 9.17) is 4.74 Å². The molecule has 128 valence electrons. The van der Waals surface area contributed by atoms with E-state index in [0.717, 1.165) is 43.4 Å². The summed E-state index contributed by atoms with van der Waals surface area (Å²) in [6.45, 7) is 6.09. The number of carbonyl (C=O) groups is 1. The summed E-state index contributed by atoms with van der Waals surface area (Å²) in [5.74, 6) is 0.501. The number of aromatic nitrogens is 1. The highest BCUT2D eigenvalue weighted by molar-refractivity contribution is 7.09. The summed E-state index contributed by atoms with van der Waals surface area (Å²) in [5.41, 5.74) is 1.02. The summed E-state index contributed by atoms with van der Waals surface area (Å²) in [5, 5.41) is 2.94. The van der Waals surface area contributed by atoms with Crippen molar-refractivity contribution in [2.45, 2.75) is 20.1 Å². The molecule has 1 aromatic heterocycles. The van der Waals surface area contributed by atoms with E-state index in [9.17, 15) is 9.18 Å². The first kappa shape index (κ1) is 16.9. The molecule has 3 rings (SSSR count). The molecule has 0 N–H and O–H groups in total. The molecule has 1 aliphatic rings. The lowest BCUT2D eigenvalue weighted by Crippen LogP contribution is -2.47. The molecule has 5 nitrogen and oxygen atoms in total. The Labute approximate surface area is 144 Å². The first-order chi connectivity index (χ1) is 11.6. The van der Waals surface area contributed by atoms with Crippen LogP contribution in [0.1, 0.15) is 17.6 Å². The molecule has 1 aliphatic heterocycles. The topological polar surface area (TPSA) is 45.7 Å². The van der Waals surface area contributed by atoms with Crippen LogP contribution in [0, 0.1) is 5.82 Å². The molecule has 2 aromatic rings. The quantitative estimate of drug-likeness (QED) is 0.832.